The summed E-state index contributed by atoms with van der Waals surface area (Å²) in [6.07, 6.45) is 0. The van der Waals surface area contributed by atoms with Crippen LogP contribution in [0.1, 0.15) is 5.56 Å². The van der Waals surface area contributed by atoms with Gasteiger partial charge >= 0.3 is 5.63 Å². The van der Waals surface area contributed by atoms with Gasteiger partial charge in [-0.15, -0.1) is 0 Å². The Balaban J connectivity index is 1.64. The Morgan fingerprint density at radius 3 is 2.58 bits per heavy atom. The van der Waals surface area contributed by atoms with E-state index in [1.807, 2.05) is 48.5 Å². The minimum absolute atomic E-state index is 0.0162. The predicted octanol–water partition coefficient (Wildman–Crippen LogP) is 4.20. The molecule has 0 saturated carbocycles. The van der Waals surface area contributed by atoms with Gasteiger partial charge in [0.25, 0.3) is 0 Å². The highest BCUT2D eigenvalue weighted by Gasteiger charge is 2.10. The molecule has 26 heavy (non-hydrogen) atoms. The molecular formula is C21H15NO4. The van der Waals surface area contributed by atoms with Crippen molar-refractivity contribution in [2.45, 2.75) is 0 Å². The van der Waals surface area contributed by atoms with Crippen molar-refractivity contribution in [2.24, 2.45) is 5.16 Å². The molecule has 0 aliphatic rings. The first-order chi connectivity index (χ1) is 12.7. The first kappa shape index (κ1) is 15.9. The standard InChI is InChI=1S/C21H15NO4/c23-21-12-20(17-7-3-4-8-19(17)26-21)25-13-18(22-24)16-10-9-14-5-1-2-6-15(14)11-16/h1-12,24H,13H2/b22-18+. The summed E-state index contributed by atoms with van der Waals surface area (Å²) in [5.41, 5.74) is 1.07. The normalized spacial score (nSPS) is 11.8. The molecule has 5 nitrogen and oxygen atoms in total. The average Bonchev–Trinajstić information content (AvgIpc) is 2.68. The number of oxime groups is 1. The second-order valence-corrected chi connectivity index (χ2v) is 5.82. The molecule has 0 bridgehead atoms. The molecule has 1 heterocycles. The summed E-state index contributed by atoms with van der Waals surface area (Å²) in [6.45, 7) is 0.0162. The van der Waals surface area contributed by atoms with E-state index >= 15 is 0 Å². The fourth-order valence-electron chi connectivity index (χ4n) is 2.89. The molecule has 0 spiro atoms. The topological polar surface area (TPSA) is 72.0 Å². The van der Waals surface area contributed by atoms with Crippen molar-refractivity contribution in [3.8, 4) is 5.75 Å². The number of nitrogens with zero attached hydrogens (tertiary/aromatic N) is 1. The number of rotatable bonds is 4. The van der Waals surface area contributed by atoms with Crippen molar-refractivity contribution >= 4 is 27.5 Å². The highest BCUT2D eigenvalue weighted by atomic mass is 16.5. The van der Waals surface area contributed by atoms with Gasteiger partial charge in [0.1, 0.15) is 23.7 Å². The Bertz CT molecular complexity index is 1180. The lowest BCUT2D eigenvalue weighted by atomic mass is 10.0. The van der Waals surface area contributed by atoms with E-state index in [0.29, 0.717) is 22.4 Å². The minimum Gasteiger partial charge on any atom is -0.486 e. The molecule has 3 aromatic carbocycles. The van der Waals surface area contributed by atoms with Gasteiger partial charge < -0.3 is 14.4 Å². The molecule has 1 N–H and O–H groups in total. The molecule has 0 radical (unpaired) electrons. The largest absolute Gasteiger partial charge is 0.486 e. The lowest BCUT2D eigenvalue weighted by Crippen LogP contribution is -2.14. The van der Waals surface area contributed by atoms with Crippen LogP contribution >= 0.6 is 0 Å². The number of hydrogen-bond donors (Lipinski definition) is 1. The van der Waals surface area contributed by atoms with Crippen LogP contribution < -0.4 is 10.4 Å². The Hall–Kier alpha value is -3.60. The maximum atomic E-state index is 11.7. The second kappa shape index (κ2) is 6.72. The quantitative estimate of drug-likeness (QED) is 0.260. The van der Waals surface area contributed by atoms with Gasteiger partial charge in [0.2, 0.25) is 0 Å². The molecular weight excluding hydrogens is 330 g/mol. The van der Waals surface area contributed by atoms with Crippen molar-refractivity contribution < 1.29 is 14.4 Å². The van der Waals surface area contributed by atoms with Gasteiger partial charge in [-0.1, -0.05) is 53.7 Å². The van der Waals surface area contributed by atoms with E-state index in [1.54, 1.807) is 18.2 Å². The van der Waals surface area contributed by atoms with E-state index in [4.69, 9.17) is 9.15 Å². The SMILES string of the molecule is O=c1cc(OC/C(=N\O)c2ccc3ccccc3c2)c2ccccc2o1. The number of hydrogen-bond acceptors (Lipinski definition) is 5. The number of benzene rings is 3. The summed E-state index contributed by atoms with van der Waals surface area (Å²) >= 11 is 0. The summed E-state index contributed by atoms with van der Waals surface area (Å²) in [6, 6.07) is 22.1. The van der Waals surface area contributed by atoms with Gasteiger partial charge in [0.05, 0.1) is 11.5 Å². The Kier molecular flexibility index (Phi) is 4.11. The van der Waals surface area contributed by atoms with E-state index in [0.717, 1.165) is 16.3 Å². The first-order valence-corrected chi connectivity index (χ1v) is 8.10. The van der Waals surface area contributed by atoms with Crippen molar-refractivity contribution in [1.29, 1.82) is 0 Å². The molecule has 4 aromatic rings. The molecule has 128 valence electrons. The van der Waals surface area contributed by atoms with Crippen molar-refractivity contribution in [2.75, 3.05) is 6.61 Å². The summed E-state index contributed by atoms with van der Waals surface area (Å²) in [5.74, 6) is 0.388. The molecule has 0 aliphatic carbocycles. The van der Waals surface area contributed by atoms with Crippen LogP contribution in [0.15, 0.2) is 87.2 Å². The molecule has 0 atom stereocenters. The van der Waals surface area contributed by atoms with Gasteiger partial charge in [0, 0.05) is 5.56 Å². The smallest absolute Gasteiger partial charge is 0.339 e. The van der Waals surface area contributed by atoms with Gasteiger partial charge in [-0.3, -0.25) is 0 Å². The fraction of sp³-hybridized carbons (Fsp3) is 0.0476. The summed E-state index contributed by atoms with van der Waals surface area (Å²) < 4.78 is 10.9. The van der Waals surface area contributed by atoms with Crippen LogP contribution in [-0.4, -0.2) is 17.5 Å². The zero-order chi connectivity index (χ0) is 17.9. The fourth-order valence-corrected chi connectivity index (χ4v) is 2.89. The summed E-state index contributed by atoms with van der Waals surface area (Å²) in [4.78, 5) is 11.7. The molecule has 5 heteroatoms. The maximum Gasteiger partial charge on any atom is 0.339 e. The molecule has 0 aliphatic heterocycles. The van der Waals surface area contributed by atoms with Gasteiger partial charge in [-0.2, -0.15) is 0 Å². The van der Waals surface area contributed by atoms with Crippen molar-refractivity contribution in [3.63, 3.8) is 0 Å². The van der Waals surface area contributed by atoms with Crippen LogP contribution in [-0.2, 0) is 0 Å². The van der Waals surface area contributed by atoms with Crippen LogP contribution in [0.4, 0.5) is 0 Å². The molecule has 0 unspecified atom stereocenters. The first-order valence-electron chi connectivity index (χ1n) is 8.10. The van der Waals surface area contributed by atoms with E-state index < -0.39 is 5.63 Å². The Labute approximate surface area is 148 Å². The molecule has 1 aromatic heterocycles. The number of ether oxygens (including phenoxy) is 1. The van der Waals surface area contributed by atoms with Crippen LogP contribution in [0.25, 0.3) is 21.7 Å². The highest BCUT2D eigenvalue weighted by Crippen LogP contribution is 2.24. The van der Waals surface area contributed by atoms with Gasteiger partial charge in [-0.05, 0) is 29.0 Å². The maximum absolute atomic E-state index is 11.7. The van der Waals surface area contributed by atoms with E-state index in [1.165, 1.54) is 6.07 Å². The average molecular weight is 345 g/mol. The number of para-hydroxylation sites is 1. The van der Waals surface area contributed by atoms with Crippen LogP contribution in [0.2, 0.25) is 0 Å². The monoisotopic (exact) mass is 345 g/mol. The Morgan fingerprint density at radius 2 is 1.73 bits per heavy atom. The second-order valence-electron chi connectivity index (χ2n) is 5.82. The predicted molar refractivity (Wildman–Crippen MR) is 100 cm³/mol. The van der Waals surface area contributed by atoms with Crippen LogP contribution in [0.3, 0.4) is 0 Å². The van der Waals surface area contributed by atoms with Crippen molar-refractivity contribution in [3.05, 3.63) is 88.8 Å². The zero-order valence-corrected chi connectivity index (χ0v) is 13.8. The van der Waals surface area contributed by atoms with Gasteiger partial charge in [0.15, 0.2) is 0 Å². The Morgan fingerprint density at radius 1 is 0.962 bits per heavy atom. The zero-order valence-electron chi connectivity index (χ0n) is 13.8. The van der Waals surface area contributed by atoms with Crippen molar-refractivity contribution in [1.82, 2.24) is 0 Å². The van der Waals surface area contributed by atoms with E-state index in [-0.39, 0.29) is 6.61 Å². The molecule has 0 fully saturated rings. The van der Waals surface area contributed by atoms with E-state index in [9.17, 15) is 10.0 Å². The third-order valence-corrected chi connectivity index (χ3v) is 4.18. The van der Waals surface area contributed by atoms with Crippen LogP contribution in [0.5, 0.6) is 5.75 Å². The summed E-state index contributed by atoms with van der Waals surface area (Å²) in [7, 11) is 0. The summed E-state index contributed by atoms with van der Waals surface area (Å²) in [5, 5.41) is 15.6. The lowest BCUT2D eigenvalue weighted by Gasteiger charge is -2.10. The molecule has 4 rings (SSSR count). The van der Waals surface area contributed by atoms with Crippen LogP contribution in [0, 0.1) is 0 Å². The molecule has 0 saturated heterocycles. The highest BCUT2D eigenvalue weighted by molar-refractivity contribution is 6.04. The third kappa shape index (κ3) is 3.02. The van der Waals surface area contributed by atoms with Gasteiger partial charge in [-0.25, -0.2) is 4.79 Å². The third-order valence-electron chi connectivity index (χ3n) is 4.18. The number of fused-ring (bicyclic) bond motifs is 2. The molecule has 0 amide bonds. The van der Waals surface area contributed by atoms with E-state index in [2.05, 4.69) is 5.16 Å². The minimum atomic E-state index is -0.494. The lowest BCUT2D eigenvalue weighted by molar-refractivity contribution is 0.308.